The Hall–Kier alpha value is -2.80. The summed E-state index contributed by atoms with van der Waals surface area (Å²) in [6.45, 7) is 0. The van der Waals surface area contributed by atoms with Crippen LogP contribution in [0.15, 0.2) is 48.5 Å². The van der Waals surface area contributed by atoms with Crippen molar-refractivity contribution in [1.82, 2.24) is 0 Å². The number of hydrogen-bond acceptors (Lipinski definition) is 4. The average molecular weight is 281 g/mol. The molecule has 4 nitrogen and oxygen atoms in total. The van der Waals surface area contributed by atoms with E-state index in [1.807, 2.05) is 30.3 Å². The summed E-state index contributed by atoms with van der Waals surface area (Å²) in [7, 11) is 1.62. The van der Waals surface area contributed by atoms with Crippen LogP contribution < -0.4 is 9.47 Å². The van der Waals surface area contributed by atoms with Crippen molar-refractivity contribution in [3.8, 4) is 17.6 Å². The van der Waals surface area contributed by atoms with Crippen molar-refractivity contribution in [2.24, 2.45) is 0 Å². The summed E-state index contributed by atoms with van der Waals surface area (Å²) < 4.78 is 10.3. The van der Waals surface area contributed by atoms with Gasteiger partial charge in [0.25, 0.3) is 0 Å². The number of nitrogens with zero attached hydrogens (tertiary/aromatic N) is 1. The van der Waals surface area contributed by atoms with E-state index in [0.29, 0.717) is 24.2 Å². The molecule has 0 bridgehead atoms. The molecule has 0 aromatic heterocycles. The topological polar surface area (TPSA) is 59.3 Å². The molecule has 106 valence electrons. The lowest BCUT2D eigenvalue weighted by Crippen LogP contribution is -2.09. The van der Waals surface area contributed by atoms with Crippen molar-refractivity contribution < 1.29 is 14.3 Å². The van der Waals surface area contributed by atoms with Gasteiger partial charge in [0.15, 0.2) is 0 Å². The van der Waals surface area contributed by atoms with Crippen LogP contribution in [0.3, 0.4) is 0 Å². The van der Waals surface area contributed by atoms with Gasteiger partial charge in [0.05, 0.1) is 18.7 Å². The van der Waals surface area contributed by atoms with E-state index in [4.69, 9.17) is 14.7 Å². The van der Waals surface area contributed by atoms with Gasteiger partial charge in [-0.3, -0.25) is 4.79 Å². The fraction of sp³-hybridized carbons (Fsp3) is 0.176. The first-order chi connectivity index (χ1) is 10.2. The third-order valence-electron chi connectivity index (χ3n) is 2.99. The van der Waals surface area contributed by atoms with Gasteiger partial charge >= 0.3 is 5.97 Å². The number of benzene rings is 2. The van der Waals surface area contributed by atoms with Crippen LogP contribution in [-0.2, 0) is 11.2 Å². The van der Waals surface area contributed by atoms with Gasteiger partial charge in [-0.2, -0.15) is 5.26 Å². The van der Waals surface area contributed by atoms with Crippen molar-refractivity contribution in [3.05, 3.63) is 59.7 Å². The van der Waals surface area contributed by atoms with E-state index in [1.165, 1.54) is 0 Å². The van der Waals surface area contributed by atoms with E-state index in [0.717, 1.165) is 11.3 Å². The van der Waals surface area contributed by atoms with Crippen LogP contribution >= 0.6 is 0 Å². The van der Waals surface area contributed by atoms with Gasteiger partial charge in [-0.25, -0.2) is 0 Å². The van der Waals surface area contributed by atoms with Crippen LogP contribution in [0, 0.1) is 11.3 Å². The molecule has 0 aliphatic rings. The molecule has 0 unspecified atom stereocenters. The van der Waals surface area contributed by atoms with Crippen LogP contribution in [0.4, 0.5) is 0 Å². The molecule has 4 heteroatoms. The van der Waals surface area contributed by atoms with Crippen LogP contribution in [-0.4, -0.2) is 13.1 Å². The summed E-state index contributed by atoms with van der Waals surface area (Å²) >= 11 is 0. The Labute approximate surface area is 123 Å². The second kappa shape index (κ2) is 7.11. The Bertz CT molecular complexity index is 639. The molecule has 0 radical (unpaired) electrons. The molecule has 2 rings (SSSR count). The number of nitriles is 1. The summed E-state index contributed by atoms with van der Waals surface area (Å²) in [4.78, 5) is 11.8. The molecule has 0 saturated carbocycles. The Morgan fingerprint density at radius 2 is 1.67 bits per heavy atom. The molecule has 0 amide bonds. The lowest BCUT2D eigenvalue weighted by molar-refractivity contribution is -0.134. The van der Waals surface area contributed by atoms with E-state index in [1.54, 1.807) is 31.4 Å². The predicted octanol–water partition coefficient (Wildman–Crippen LogP) is 3.11. The number of carbonyl (C=O) groups excluding carboxylic acids is 1. The van der Waals surface area contributed by atoms with Crippen LogP contribution in [0.1, 0.15) is 17.5 Å². The smallest absolute Gasteiger partial charge is 0.311 e. The van der Waals surface area contributed by atoms with Gasteiger partial charge in [0.2, 0.25) is 0 Å². The van der Waals surface area contributed by atoms with Gasteiger partial charge < -0.3 is 9.47 Å². The molecule has 0 atom stereocenters. The van der Waals surface area contributed by atoms with Crippen molar-refractivity contribution in [3.63, 3.8) is 0 Å². The summed E-state index contributed by atoms with van der Waals surface area (Å²) in [6, 6.07) is 16.1. The van der Waals surface area contributed by atoms with Crippen molar-refractivity contribution >= 4 is 5.97 Å². The Morgan fingerprint density at radius 3 is 2.24 bits per heavy atom. The maximum atomic E-state index is 11.8. The number of esters is 1. The van der Waals surface area contributed by atoms with E-state index < -0.39 is 0 Å². The van der Waals surface area contributed by atoms with E-state index >= 15 is 0 Å². The molecule has 0 N–H and O–H groups in total. The SMILES string of the molecule is COc1ccc(CCC(=O)Oc2ccc(C#N)cc2)cc1. The summed E-state index contributed by atoms with van der Waals surface area (Å²) in [5.74, 6) is 0.947. The van der Waals surface area contributed by atoms with Crippen molar-refractivity contribution in [2.75, 3.05) is 7.11 Å². The first-order valence-corrected chi connectivity index (χ1v) is 6.55. The van der Waals surface area contributed by atoms with Gasteiger partial charge in [-0.05, 0) is 48.4 Å². The molecule has 0 aliphatic carbocycles. The zero-order chi connectivity index (χ0) is 15.1. The quantitative estimate of drug-likeness (QED) is 0.624. The monoisotopic (exact) mass is 281 g/mol. The second-order valence-corrected chi connectivity index (χ2v) is 4.46. The van der Waals surface area contributed by atoms with Gasteiger partial charge in [-0.1, -0.05) is 12.1 Å². The Kier molecular flexibility index (Phi) is 4.94. The Morgan fingerprint density at radius 1 is 1.05 bits per heavy atom. The minimum atomic E-state index is -0.296. The molecule has 21 heavy (non-hydrogen) atoms. The molecule has 0 heterocycles. The number of hydrogen-bond donors (Lipinski definition) is 0. The molecular weight excluding hydrogens is 266 g/mol. The highest BCUT2D eigenvalue weighted by Gasteiger charge is 2.06. The fourth-order valence-corrected chi connectivity index (χ4v) is 1.82. The number of carbonyl (C=O) groups is 1. The summed E-state index contributed by atoms with van der Waals surface area (Å²) in [5.41, 5.74) is 1.58. The average Bonchev–Trinajstić information content (AvgIpc) is 2.54. The lowest BCUT2D eigenvalue weighted by Gasteiger charge is -2.05. The minimum Gasteiger partial charge on any atom is -0.497 e. The largest absolute Gasteiger partial charge is 0.497 e. The third kappa shape index (κ3) is 4.36. The molecule has 2 aromatic carbocycles. The van der Waals surface area contributed by atoms with Crippen molar-refractivity contribution in [1.29, 1.82) is 5.26 Å². The highest BCUT2D eigenvalue weighted by atomic mass is 16.5. The first-order valence-electron chi connectivity index (χ1n) is 6.55. The standard InChI is InChI=1S/C17H15NO3/c1-20-15-7-2-13(3-8-15)6-11-17(19)21-16-9-4-14(12-18)5-10-16/h2-5,7-10H,6,11H2,1H3. The number of rotatable bonds is 5. The van der Waals surface area contributed by atoms with E-state index in [2.05, 4.69) is 0 Å². The number of ether oxygens (including phenoxy) is 2. The molecule has 0 fully saturated rings. The molecule has 0 spiro atoms. The minimum absolute atomic E-state index is 0.296. The van der Waals surface area contributed by atoms with E-state index in [9.17, 15) is 4.79 Å². The van der Waals surface area contributed by atoms with Crippen molar-refractivity contribution in [2.45, 2.75) is 12.8 Å². The Balaban J connectivity index is 1.85. The number of methoxy groups -OCH3 is 1. The van der Waals surface area contributed by atoms with Gasteiger partial charge in [0.1, 0.15) is 11.5 Å². The summed E-state index contributed by atoms with van der Waals surface area (Å²) in [5, 5.41) is 8.69. The number of aryl methyl sites for hydroxylation is 1. The maximum absolute atomic E-state index is 11.8. The molecule has 0 saturated heterocycles. The second-order valence-electron chi connectivity index (χ2n) is 4.46. The van der Waals surface area contributed by atoms with Gasteiger partial charge in [-0.15, -0.1) is 0 Å². The molecule has 0 aliphatic heterocycles. The lowest BCUT2D eigenvalue weighted by atomic mass is 10.1. The van der Waals surface area contributed by atoms with Gasteiger partial charge in [0, 0.05) is 6.42 Å². The first kappa shape index (κ1) is 14.6. The normalized spacial score (nSPS) is 9.71. The maximum Gasteiger partial charge on any atom is 0.311 e. The third-order valence-corrected chi connectivity index (χ3v) is 2.99. The zero-order valence-corrected chi connectivity index (χ0v) is 11.7. The highest BCUT2D eigenvalue weighted by Crippen LogP contribution is 2.15. The highest BCUT2D eigenvalue weighted by molar-refractivity contribution is 5.72. The predicted molar refractivity (Wildman–Crippen MR) is 78.1 cm³/mol. The van der Waals surface area contributed by atoms with E-state index in [-0.39, 0.29) is 5.97 Å². The molecule has 2 aromatic rings. The molecular formula is C17H15NO3. The zero-order valence-electron chi connectivity index (χ0n) is 11.7. The van der Waals surface area contributed by atoms with Crippen LogP contribution in [0.25, 0.3) is 0 Å². The summed E-state index contributed by atoms with van der Waals surface area (Å²) in [6.07, 6.45) is 0.908. The van der Waals surface area contributed by atoms with Crippen LogP contribution in [0.2, 0.25) is 0 Å². The fourth-order valence-electron chi connectivity index (χ4n) is 1.82. The van der Waals surface area contributed by atoms with Crippen LogP contribution in [0.5, 0.6) is 11.5 Å².